The van der Waals surface area contributed by atoms with Crippen LogP contribution in [0.4, 0.5) is 0 Å². The van der Waals surface area contributed by atoms with Crippen LogP contribution in [0, 0.1) is 0 Å². The fourth-order valence-corrected chi connectivity index (χ4v) is 1.76. The first-order valence-electron chi connectivity index (χ1n) is 5.88. The van der Waals surface area contributed by atoms with Crippen LogP contribution in [0.15, 0.2) is 17.4 Å². The van der Waals surface area contributed by atoms with Crippen molar-refractivity contribution in [2.75, 3.05) is 20.2 Å². The highest BCUT2D eigenvalue weighted by Crippen LogP contribution is 2.11. The lowest BCUT2D eigenvalue weighted by molar-refractivity contribution is -0.756. The first-order valence-corrected chi connectivity index (χ1v) is 5.88. The normalized spacial score (nSPS) is 21.9. The number of hydrogen-bond acceptors (Lipinski definition) is 2. The van der Waals surface area contributed by atoms with Crippen molar-refractivity contribution in [1.29, 1.82) is 0 Å². The molecule has 0 bridgehead atoms. The van der Waals surface area contributed by atoms with Crippen molar-refractivity contribution >= 4 is 23.3 Å². The van der Waals surface area contributed by atoms with Gasteiger partial charge in [0.2, 0.25) is 12.4 Å². The van der Waals surface area contributed by atoms with Gasteiger partial charge < -0.3 is 5.11 Å². The summed E-state index contributed by atoms with van der Waals surface area (Å²) >= 11 is 0. The van der Waals surface area contributed by atoms with E-state index in [1.54, 1.807) is 0 Å². The van der Waals surface area contributed by atoms with Gasteiger partial charge in [-0.3, -0.25) is 0 Å². The predicted molar refractivity (Wildman–Crippen MR) is 72.7 cm³/mol. The van der Waals surface area contributed by atoms with Gasteiger partial charge in [0.1, 0.15) is 13.6 Å². The van der Waals surface area contributed by atoms with Crippen LogP contribution in [-0.2, 0) is 0 Å². The smallest absolute Gasteiger partial charge is 0.396 e. The van der Waals surface area contributed by atoms with E-state index >= 15 is 0 Å². The van der Waals surface area contributed by atoms with Crippen molar-refractivity contribution in [2.45, 2.75) is 38.5 Å². The van der Waals surface area contributed by atoms with Gasteiger partial charge in [-0.05, 0) is 19.3 Å². The van der Waals surface area contributed by atoms with Crippen LogP contribution in [0.2, 0.25) is 0 Å². The van der Waals surface area contributed by atoms with Gasteiger partial charge in [-0.1, -0.05) is 19.3 Å². The highest BCUT2D eigenvalue weighted by Gasteiger charge is 2.30. The molecule has 0 aromatic heterocycles. The Morgan fingerprint density at radius 3 is 2.31 bits per heavy atom. The van der Waals surface area contributed by atoms with Crippen LogP contribution in [0.3, 0.4) is 0 Å². The molecule has 1 heterocycles. The number of halogens is 1. The van der Waals surface area contributed by atoms with E-state index in [4.69, 9.17) is 5.11 Å². The Kier molecular flexibility index (Phi) is 8.67. The molecule has 1 aliphatic rings. The average molecular weight is 291 g/mol. The van der Waals surface area contributed by atoms with Crippen LogP contribution in [0.5, 0.6) is 0 Å². The number of quaternary nitrogens is 1. The van der Waals surface area contributed by atoms with Gasteiger partial charge in [0.25, 0.3) is 0 Å². The molecule has 92 valence electrons. The minimum Gasteiger partial charge on any atom is -0.396 e. The summed E-state index contributed by atoms with van der Waals surface area (Å²) in [7, 11) is 2.12. The van der Waals surface area contributed by atoms with Gasteiger partial charge in [0, 0.05) is 11.6 Å². The summed E-state index contributed by atoms with van der Waals surface area (Å²) in [6.07, 6.45) is 14.1. The Labute approximate surface area is 109 Å². The molecule has 1 N–H and O–H groups in total. The van der Waals surface area contributed by atoms with Crippen molar-refractivity contribution in [3.8, 4) is 0 Å². The van der Waals surface area contributed by atoms with Crippen molar-refractivity contribution < 1.29 is 9.59 Å². The molecule has 0 radical (unpaired) electrons. The van der Waals surface area contributed by atoms with Gasteiger partial charge in [-0.25, -0.2) is 0 Å². The molecule has 0 aromatic rings. The predicted octanol–water partition coefficient (Wildman–Crippen LogP) is 2.73. The second-order valence-electron chi connectivity index (χ2n) is 4.36. The molecule has 0 saturated carbocycles. The standard InChI is InChI=1S/C12H22N2O.BrH/c1-14(10-8-13-12-14)9-6-4-2-3-5-7-11-15;/h8,10,15H,2-7,9,11H2,1H3;1H/q+2;. The third-order valence-corrected chi connectivity index (χ3v) is 2.79. The summed E-state index contributed by atoms with van der Waals surface area (Å²) in [6.45, 7) is 1.44. The largest absolute Gasteiger partial charge is 0.450 e. The zero-order chi connectivity index (χ0) is 11.0. The Hall–Kier alpha value is -0.280. The molecule has 1 aliphatic heterocycles. The second-order valence-corrected chi connectivity index (χ2v) is 4.36. The number of aliphatic hydroxyl groups excluding tert-OH is 1. The molecule has 0 saturated heterocycles. The van der Waals surface area contributed by atoms with E-state index in [1.807, 2.05) is 6.20 Å². The highest BCUT2D eigenvalue weighted by atomic mass is 79.9. The van der Waals surface area contributed by atoms with E-state index < -0.39 is 0 Å². The summed E-state index contributed by atoms with van der Waals surface area (Å²) in [5.74, 6) is 0. The third kappa shape index (κ3) is 6.33. The minimum atomic E-state index is 0. The Morgan fingerprint density at radius 2 is 1.75 bits per heavy atom. The van der Waals surface area contributed by atoms with E-state index in [-0.39, 0.29) is 17.0 Å². The van der Waals surface area contributed by atoms with Crippen molar-refractivity contribution in [2.24, 2.45) is 4.99 Å². The maximum absolute atomic E-state index is 8.62. The summed E-state index contributed by atoms with van der Waals surface area (Å²) in [5, 5.41) is 8.62. The number of unbranched alkanes of at least 4 members (excludes halogenated alkanes) is 5. The molecule has 0 aliphatic carbocycles. The molecule has 1 rings (SSSR count). The fourth-order valence-electron chi connectivity index (χ4n) is 1.76. The van der Waals surface area contributed by atoms with Gasteiger partial charge in [0.05, 0.1) is 0 Å². The number of rotatable bonds is 8. The lowest BCUT2D eigenvalue weighted by Crippen LogP contribution is -2.35. The maximum atomic E-state index is 8.62. The maximum Gasteiger partial charge on any atom is 0.450 e. The Bertz CT molecular complexity index is 217. The Balaban J connectivity index is 0.00000225. The zero-order valence-corrected chi connectivity index (χ0v) is 11.8. The van der Waals surface area contributed by atoms with Gasteiger partial charge in [0.15, 0.2) is 0 Å². The third-order valence-electron chi connectivity index (χ3n) is 2.79. The number of aliphatic hydroxyl groups is 1. The molecule has 0 spiro atoms. The van der Waals surface area contributed by atoms with E-state index in [0.29, 0.717) is 6.61 Å². The van der Waals surface area contributed by atoms with Gasteiger partial charge in [-0.2, -0.15) is 0 Å². The lowest BCUT2D eigenvalue weighted by Gasteiger charge is -2.11. The van der Waals surface area contributed by atoms with Crippen LogP contribution in [0.25, 0.3) is 0 Å². The zero-order valence-electron chi connectivity index (χ0n) is 10.1. The molecule has 0 fully saturated rings. The SMILES string of the molecule is Br.C[N+]1(CCCCCCCCO)[C+]=NC=C1. The molecule has 0 aromatic carbocycles. The minimum absolute atomic E-state index is 0. The summed E-state index contributed by atoms with van der Waals surface area (Å²) < 4.78 is 0.733. The molecule has 4 heteroatoms. The van der Waals surface area contributed by atoms with E-state index in [2.05, 4.69) is 24.6 Å². The van der Waals surface area contributed by atoms with E-state index in [9.17, 15) is 0 Å². The first kappa shape index (κ1) is 15.7. The second kappa shape index (κ2) is 8.82. The molecular weight excluding hydrogens is 268 g/mol. The molecule has 1 atom stereocenters. The summed E-state index contributed by atoms with van der Waals surface area (Å²) in [4.78, 5) is 3.99. The molecule has 16 heavy (non-hydrogen) atoms. The van der Waals surface area contributed by atoms with Crippen LogP contribution >= 0.6 is 17.0 Å². The molecule has 0 amide bonds. The van der Waals surface area contributed by atoms with Crippen molar-refractivity contribution in [1.82, 2.24) is 0 Å². The van der Waals surface area contributed by atoms with Crippen LogP contribution < -0.4 is 0 Å². The summed E-state index contributed by atoms with van der Waals surface area (Å²) in [5.41, 5.74) is 0. The number of hydrogen-bond donors (Lipinski definition) is 1. The van der Waals surface area contributed by atoms with E-state index in [0.717, 1.165) is 23.9 Å². The van der Waals surface area contributed by atoms with Crippen molar-refractivity contribution in [3.05, 3.63) is 12.4 Å². The topological polar surface area (TPSA) is 32.6 Å². The molecule has 1 unspecified atom stereocenters. The van der Waals surface area contributed by atoms with Gasteiger partial charge in [-0.15, -0.1) is 21.5 Å². The quantitative estimate of drug-likeness (QED) is 0.416. The molecule has 3 nitrogen and oxygen atoms in total. The summed E-state index contributed by atoms with van der Waals surface area (Å²) in [6, 6.07) is 0. The van der Waals surface area contributed by atoms with Crippen molar-refractivity contribution in [3.63, 3.8) is 0 Å². The number of nitrogens with zero attached hydrogens (tertiary/aromatic N) is 2. The highest BCUT2D eigenvalue weighted by molar-refractivity contribution is 8.93. The average Bonchev–Trinajstić information content (AvgIpc) is 2.64. The first-order chi connectivity index (χ1) is 7.27. The van der Waals surface area contributed by atoms with Crippen LogP contribution in [-0.4, -0.2) is 36.1 Å². The molecular formula is C12H23BrN2O+2. The lowest BCUT2D eigenvalue weighted by atomic mass is 10.1. The Morgan fingerprint density at radius 1 is 1.12 bits per heavy atom. The number of aliphatic imine (C=N–C) groups is 1. The van der Waals surface area contributed by atoms with E-state index in [1.165, 1.54) is 25.7 Å². The van der Waals surface area contributed by atoms with Gasteiger partial charge >= 0.3 is 6.34 Å². The van der Waals surface area contributed by atoms with Crippen LogP contribution in [0.1, 0.15) is 38.5 Å². The monoisotopic (exact) mass is 290 g/mol. The fraction of sp³-hybridized carbons (Fsp3) is 0.750.